The number of halogens is 1. The van der Waals surface area contributed by atoms with E-state index in [0.29, 0.717) is 31.4 Å². The van der Waals surface area contributed by atoms with Crippen molar-refractivity contribution in [2.24, 2.45) is 0 Å². The van der Waals surface area contributed by atoms with E-state index in [1.807, 2.05) is 30.6 Å². The maximum absolute atomic E-state index is 6.31. The molecule has 4 aromatic rings. The van der Waals surface area contributed by atoms with Gasteiger partial charge in [-0.3, -0.25) is 0 Å². The smallest absolute Gasteiger partial charge is 0.166 e. The Morgan fingerprint density at radius 1 is 1.06 bits per heavy atom. The third kappa shape index (κ3) is 3.76. The summed E-state index contributed by atoms with van der Waals surface area (Å²) in [5, 5.41) is 9.41. The van der Waals surface area contributed by atoms with Gasteiger partial charge in [-0.05, 0) is 30.7 Å². The third-order valence-electron chi connectivity index (χ3n) is 5.41. The lowest BCUT2D eigenvalue weighted by molar-refractivity contribution is 0.104. The number of benzene rings is 2. The number of fused-ring (bicyclic) bond motifs is 5. The molecule has 0 bridgehead atoms. The summed E-state index contributed by atoms with van der Waals surface area (Å²) in [6.07, 6.45) is 1.84. The van der Waals surface area contributed by atoms with E-state index in [1.54, 1.807) is 7.11 Å². The summed E-state index contributed by atoms with van der Waals surface area (Å²) in [6.45, 7) is 3.97. The van der Waals surface area contributed by atoms with Crippen molar-refractivity contribution < 1.29 is 9.47 Å². The Balaban J connectivity index is 1.50. The van der Waals surface area contributed by atoms with Crippen LogP contribution in [0.4, 0.5) is 0 Å². The molecule has 5 rings (SSSR count). The molecule has 0 saturated carbocycles. The van der Waals surface area contributed by atoms with Crippen molar-refractivity contribution >= 4 is 11.6 Å². The first kappa shape index (κ1) is 19.9. The van der Waals surface area contributed by atoms with Gasteiger partial charge in [0.05, 0.1) is 43.2 Å². The summed E-state index contributed by atoms with van der Waals surface area (Å²) in [5.74, 6) is 1.52. The van der Waals surface area contributed by atoms with Gasteiger partial charge in [-0.1, -0.05) is 41.4 Å². The molecule has 0 amide bonds. The van der Waals surface area contributed by atoms with E-state index < -0.39 is 0 Å². The lowest BCUT2D eigenvalue weighted by Gasteiger charge is -2.10. The Kier molecular flexibility index (Phi) is 5.31. The number of aryl methyl sites for hydroxylation is 1. The summed E-state index contributed by atoms with van der Waals surface area (Å²) >= 11 is 6.31. The summed E-state index contributed by atoms with van der Waals surface area (Å²) in [4.78, 5) is 4.66. The molecule has 31 heavy (non-hydrogen) atoms. The SMILES string of the molecule is COCc1nnc2n1Cc1c(COCc3cccc(C)c3)ncn1-c1ccc(Cl)cc1-2. The molecule has 0 spiro atoms. The Labute approximate surface area is 185 Å². The van der Waals surface area contributed by atoms with E-state index in [0.717, 1.165) is 39.9 Å². The van der Waals surface area contributed by atoms with E-state index in [2.05, 4.69) is 49.4 Å². The van der Waals surface area contributed by atoms with Crippen LogP contribution in [0.1, 0.15) is 28.3 Å². The summed E-state index contributed by atoms with van der Waals surface area (Å²) in [7, 11) is 1.65. The molecule has 0 radical (unpaired) electrons. The molecule has 158 valence electrons. The van der Waals surface area contributed by atoms with Gasteiger partial charge >= 0.3 is 0 Å². The normalized spacial score (nSPS) is 12.2. The van der Waals surface area contributed by atoms with Gasteiger partial charge in [0.1, 0.15) is 6.61 Å². The van der Waals surface area contributed by atoms with Crippen molar-refractivity contribution in [2.45, 2.75) is 33.3 Å². The largest absolute Gasteiger partial charge is 0.377 e. The molecule has 2 aromatic heterocycles. The highest BCUT2D eigenvalue weighted by Gasteiger charge is 2.26. The van der Waals surface area contributed by atoms with Crippen molar-refractivity contribution in [2.75, 3.05) is 7.11 Å². The van der Waals surface area contributed by atoms with Gasteiger partial charge in [-0.25, -0.2) is 4.98 Å². The molecule has 0 N–H and O–H groups in total. The second-order valence-electron chi connectivity index (χ2n) is 7.61. The summed E-state index contributed by atoms with van der Waals surface area (Å²) in [6, 6.07) is 14.1. The molecular weight excluding hydrogens is 414 g/mol. The zero-order valence-electron chi connectivity index (χ0n) is 17.4. The van der Waals surface area contributed by atoms with Crippen LogP contribution in [-0.2, 0) is 35.8 Å². The molecule has 1 aliphatic heterocycles. The van der Waals surface area contributed by atoms with Crippen molar-refractivity contribution in [3.63, 3.8) is 0 Å². The Morgan fingerprint density at radius 2 is 1.97 bits per heavy atom. The van der Waals surface area contributed by atoms with Crippen molar-refractivity contribution in [3.8, 4) is 17.1 Å². The highest BCUT2D eigenvalue weighted by molar-refractivity contribution is 6.31. The first-order valence-electron chi connectivity index (χ1n) is 10.0. The van der Waals surface area contributed by atoms with Crippen LogP contribution < -0.4 is 0 Å². The molecule has 3 heterocycles. The molecule has 0 aliphatic carbocycles. The second kappa shape index (κ2) is 8.26. The molecule has 8 heteroatoms. The maximum atomic E-state index is 6.31. The average molecular weight is 436 g/mol. The summed E-state index contributed by atoms with van der Waals surface area (Å²) in [5.41, 5.74) is 6.16. The van der Waals surface area contributed by atoms with E-state index in [-0.39, 0.29) is 0 Å². The number of imidazole rings is 1. The number of rotatable bonds is 6. The number of aromatic nitrogens is 5. The van der Waals surface area contributed by atoms with E-state index >= 15 is 0 Å². The predicted octanol–water partition coefficient (Wildman–Crippen LogP) is 4.32. The number of hydrogen-bond acceptors (Lipinski definition) is 5. The van der Waals surface area contributed by atoms with Gasteiger partial charge in [-0.15, -0.1) is 10.2 Å². The number of ether oxygens (including phenoxy) is 2. The van der Waals surface area contributed by atoms with Crippen LogP contribution in [0.15, 0.2) is 48.8 Å². The third-order valence-corrected chi connectivity index (χ3v) is 5.65. The topological polar surface area (TPSA) is 67.0 Å². The lowest BCUT2D eigenvalue weighted by atomic mass is 10.1. The van der Waals surface area contributed by atoms with Crippen LogP contribution in [0.5, 0.6) is 0 Å². The molecule has 0 fully saturated rings. The minimum atomic E-state index is 0.371. The van der Waals surface area contributed by atoms with Gasteiger partial charge < -0.3 is 18.6 Å². The fourth-order valence-corrected chi connectivity index (χ4v) is 4.13. The highest BCUT2D eigenvalue weighted by atomic mass is 35.5. The van der Waals surface area contributed by atoms with Crippen LogP contribution >= 0.6 is 11.6 Å². The van der Waals surface area contributed by atoms with Gasteiger partial charge in [0.25, 0.3) is 0 Å². The molecule has 0 saturated heterocycles. The van der Waals surface area contributed by atoms with Gasteiger partial charge in [0, 0.05) is 17.7 Å². The molecular formula is C23H22ClN5O2. The van der Waals surface area contributed by atoms with E-state index in [4.69, 9.17) is 21.1 Å². The standard InChI is InChI=1S/C23H22ClN5O2/c1-15-4-3-5-16(8-15)11-31-12-19-21-10-28-22(13-30-2)26-27-23(28)18-9-17(24)6-7-20(18)29(21)14-25-19/h3-9,14H,10-13H2,1-2H3. The van der Waals surface area contributed by atoms with Crippen LogP contribution in [0.2, 0.25) is 5.02 Å². The first-order valence-corrected chi connectivity index (χ1v) is 10.4. The fraction of sp³-hybridized carbons (Fsp3) is 0.261. The Hall–Kier alpha value is -3.00. The molecule has 2 aromatic carbocycles. The van der Waals surface area contributed by atoms with Gasteiger partial charge in [-0.2, -0.15) is 0 Å². The van der Waals surface area contributed by atoms with E-state index in [1.165, 1.54) is 5.56 Å². The summed E-state index contributed by atoms with van der Waals surface area (Å²) < 4.78 is 15.5. The van der Waals surface area contributed by atoms with Gasteiger partial charge in [0.15, 0.2) is 11.6 Å². The zero-order valence-corrected chi connectivity index (χ0v) is 18.1. The minimum absolute atomic E-state index is 0.371. The number of hydrogen-bond donors (Lipinski definition) is 0. The van der Waals surface area contributed by atoms with Crippen LogP contribution in [0, 0.1) is 6.92 Å². The van der Waals surface area contributed by atoms with Crippen LogP contribution in [-0.4, -0.2) is 31.4 Å². The van der Waals surface area contributed by atoms with Crippen LogP contribution in [0.25, 0.3) is 17.1 Å². The number of nitrogens with zero attached hydrogens (tertiary/aromatic N) is 5. The lowest BCUT2D eigenvalue weighted by Crippen LogP contribution is -2.10. The average Bonchev–Trinajstić information content (AvgIpc) is 3.30. The predicted molar refractivity (Wildman–Crippen MR) is 117 cm³/mol. The highest BCUT2D eigenvalue weighted by Crippen LogP contribution is 2.34. The number of methoxy groups -OCH3 is 1. The van der Waals surface area contributed by atoms with Gasteiger partial charge in [0.2, 0.25) is 0 Å². The first-order chi connectivity index (χ1) is 15.1. The van der Waals surface area contributed by atoms with E-state index in [9.17, 15) is 0 Å². The second-order valence-corrected chi connectivity index (χ2v) is 8.05. The molecule has 0 atom stereocenters. The monoisotopic (exact) mass is 435 g/mol. The Bertz CT molecular complexity index is 1250. The maximum Gasteiger partial charge on any atom is 0.166 e. The molecule has 0 unspecified atom stereocenters. The molecule has 7 nitrogen and oxygen atoms in total. The molecule has 1 aliphatic rings. The minimum Gasteiger partial charge on any atom is -0.377 e. The quantitative estimate of drug-likeness (QED) is 0.397. The zero-order chi connectivity index (χ0) is 21.4. The Morgan fingerprint density at radius 3 is 2.81 bits per heavy atom. The fourth-order valence-electron chi connectivity index (χ4n) is 3.96. The van der Waals surface area contributed by atoms with Crippen molar-refractivity contribution in [1.29, 1.82) is 0 Å². The van der Waals surface area contributed by atoms with Crippen molar-refractivity contribution in [1.82, 2.24) is 24.3 Å². The van der Waals surface area contributed by atoms with Crippen molar-refractivity contribution in [3.05, 3.63) is 82.2 Å². The van der Waals surface area contributed by atoms with Crippen LogP contribution in [0.3, 0.4) is 0 Å².